The first kappa shape index (κ1) is 17.2. The van der Waals surface area contributed by atoms with Crippen molar-refractivity contribution in [2.24, 2.45) is 0 Å². The molecule has 0 bridgehead atoms. The van der Waals surface area contributed by atoms with E-state index in [1.165, 1.54) is 17.5 Å². The number of halogens is 3. The van der Waals surface area contributed by atoms with Crippen molar-refractivity contribution in [2.45, 2.75) is 6.42 Å². The zero-order valence-electron chi connectivity index (χ0n) is 12.1. The quantitative estimate of drug-likeness (QED) is 0.603. The SMILES string of the molecule is O=C(Nc1ncc(Cc2ccc(Cl)cc2Cl)s1)c1ccc(Cl)nc1. The summed E-state index contributed by atoms with van der Waals surface area (Å²) >= 11 is 19.2. The lowest BCUT2D eigenvalue weighted by molar-refractivity contribution is 0.102. The molecule has 0 saturated heterocycles. The minimum Gasteiger partial charge on any atom is -0.298 e. The Morgan fingerprint density at radius 1 is 1.08 bits per heavy atom. The number of pyridine rings is 1. The molecular formula is C16H10Cl3N3OS. The molecule has 24 heavy (non-hydrogen) atoms. The summed E-state index contributed by atoms with van der Waals surface area (Å²) in [4.78, 5) is 21.2. The van der Waals surface area contributed by atoms with Crippen LogP contribution in [-0.2, 0) is 6.42 Å². The van der Waals surface area contributed by atoms with E-state index < -0.39 is 0 Å². The molecule has 8 heteroatoms. The number of aromatic nitrogens is 2. The van der Waals surface area contributed by atoms with Gasteiger partial charge in [-0.15, -0.1) is 11.3 Å². The largest absolute Gasteiger partial charge is 0.298 e. The molecule has 0 aliphatic heterocycles. The summed E-state index contributed by atoms with van der Waals surface area (Å²) in [7, 11) is 0. The van der Waals surface area contributed by atoms with E-state index in [1.54, 1.807) is 30.5 Å². The first-order chi connectivity index (χ1) is 11.5. The normalized spacial score (nSPS) is 10.6. The molecule has 3 aromatic rings. The molecular weight excluding hydrogens is 389 g/mol. The third kappa shape index (κ3) is 4.24. The lowest BCUT2D eigenvalue weighted by atomic mass is 10.1. The van der Waals surface area contributed by atoms with Gasteiger partial charge >= 0.3 is 0 Å². The molecule has 1 N–H and O–H groups in total. The van der Waals surface area contributed by atoms with Crippen LogP contribution < -0.4 is 5.32 Å². The highest BCUT2D eigenvalue weighted by atomic mass is 35.5. The molecule has 2 aromatic heterocycles. The van der Waals surface area contributed by atoms with Gasteiger partial charge in [0.15, 0.2) is 5.13 Å². The molecule has 0 fully saturated rings. The summed E-state index contributed by atoms with van der Waals surface area (Å²) in [6, 6.07) is 8.54. The maximum atomic E-state index is 12.1. The molecule has 0 aliphatic rings. The van der Waals surface area contributed by atoms with Crippen LogP contribution in [0.1, 0.15) is 20.8 Å². The van der Waals surface area contributed by atoms with Crippen LogP contribution >= 0.6 is 46.1 Å². The van der Waals surface area contributed by atoms with Gasteiger partial charge in [0.25, 0.3) is 5.91 Å². The summed E-state index contributed by atoms with van der Waals surface area (Å²) in [6.45, 7) is 0. The predicted octanol–water partition coefficient (Wildman–Crippen LogP) is 5.34. The van der Waals surface area contributed by atoms with E-state index in [0.29, 0.717) is 32.3 Å². The average Bonchev–Trinajstić information content (AvgIpc) is 2.98. The van der Waals surface area contributed by atoms with Crippen LogP contribution in [0.25, 0.3) is 0 Å². The van der Waals surface area contributed by atoms with E-state index in [-0.39, 0.29) is 5.91 Å². The minimum atomic E-state index is -0.287. The monoisotopic (exact) mass is 397 g/mol. The smallest absolute Gasteiger partial charge is 0.259 e. The lowest BCUT2D eigenvalue weighted by Crippen LogP contribution is -2.11. The fraction of sp³-hybridized carbons (Fsp3) is 0.0625. The number of nitrogens with zero attached hydrogens (tertiary/aromatic N) is 2. The molecule has 0 radical (unpaired) electrons. The first-order valence-corrected chi connectivity index (χ1v) is 8.78. The summed E-state index contributed by atoms with van der Waals surface area (Å²) in [6.07, 6.45) is 3.75. The Bertz CT molecular complexity index is 881. The van der Waals surface area contributed by atoms with Crippen LogP contribution in [0, 0.1) is 0 Å². The number of rotatable bonds is 4. The maximum Gasteiger partial charge on any atom is 0.259 e. The Labute approximate surface area is 157 Å². The van der Waals surface area contributed by atoms with Crippen molar-refractivity contribution in [3.63, 3.8) is 0 Å². The van der Waals surface area contributed by atoms with Gasteiger partial charge in [0.05, 0.1) is 5.56 Å². The molecule has 2 heterocycles. The van der Waals surface area contributed by atoms with Crippen LogP contribution in [0.4, 0.5) is 5.13 Å². The third-order valence-corrected chi connectivity index (χ3v) is 4.87. The van der Waals surface area contributed by atoms with Crippen molar-refractivity contribution >= 4 is 57.2 Å². The van der Waals surface area contributed by atoms with Crippen LogP contribution in [-0.4, -0.2) is 15.9 Å². The summed E-state index contributed by atoms with van der Waals surface area (Å²) in [5.74, 6) is -0.287. The fourth-order valence-corrected chi connectivity index (χ4v) is 3.40. The second-order valence-electron chi connectivity index (χ2n) is 4.87. The summed E-state index contributed by atoms with van der Waals surface area (Å²) in [5.41, 5.74) is 1.36. The summed E-state index contributed by atoms with van der Waals surface area (Å²) < 4.78 is 0. The zero-order valence-corrected chi connectivity index (χ0v) is 15.2. The molecule has 0 atom stereocenters. The van der Waals surface area contributed by atoms with Gasteiger partial charge in [0.2, 0.25) is 0 Å². The van der Waals surface area contributed by atoms with Crippen molar-refractivity contribution in [1.82, 2.24) is 9.97 Å². The van der Waals surface area contributed by atoms with Gasteiger partial charge < -0.3 is 0 Å². The van der Waals surface area contributed by atoms with Gasteiger partial charge in [0, 0.05) is 33.7 Å². The standard InChI is InChI=1S/C16H10Cl3N3OS/c17-11-3-1-9(13(18)6-11)5-12-8-21-16(24-12)22-15(23)10-2-4-14(19)20-7-10/h1-4,6-8H,5H2,(H,21,22,23). The van der Waals surface area contributed by atoms with E-state index in [1.807, 2.05) is 6.07 Å². The number of carbonyl (C=O) groups excluding carboxylic acids is 1. The Morgan fingerprint density at radius 2 is 1.92 bits per heavy atom. The highest BCUT2D eigenvalue weighted by Gasteiger charge is 2.11. The third-order valence-electron chi connectivity index (χ3n) is 3.14. The van der Waals surface area contributed by atoms with Crippen LogP contribution in [0.2, 0.25) is 15.2 Å². The fourth-order valence-electron chi connectivity index (χ4n) is 1.98. The van der Waals surface area contributed by atoms with E-state index in [2.05, 4.69) is 15.3 Å². The van der Waals surface area contributed by atoms with E-state index in [0.717, 1.165) is 10.4 Å². The van der Waals surface area contributed by atoms with Gasteiger partial charge in [-0.05, 0) is 29.8 Å². The van der Waals surface area contributed by atoms with Gasteiger partial charge in [0.1, 0.15) is 5.15 Å². The molecule has 1 amide bonds. The van der Waals surface area contributed by atoms with Crippen LogP contribution in [0.5, 0.6) is 0 Å². The molecule has 122 valence electrons. The van der Waals surface area contributed by atoms with Crippen LogP contribution in [0.3, 0.4) is 0 Å². The van der Waals surface area contributed by atoms with Crippen molar-refractivity contribution in [3.8, 4) is 0 Å². The maximum absolute atomic E-state index is 12.1. The average molecular weight is 399 g/mol. The topological polar surface area (TPSA) is 54.9 Å². The van der Waals surface area contributed by atoms with E-state index >= 15 is 0 Å². The Morgan fingerprint density at radius 3 is 2.62 bits per heavy atom. The first-order valence-electron chi connectivity index (χ1n) is 6.83. The Hall–Kier alpha value is -1.66. The minimum absolute atomic E-state index is 0.287. The predicted molar refractivity (Wildman–Crippen MR) is 98.6 cm³/mol. The van der Waals surface area contributed by atoms with Crippen molar-refractivity contribution in [3.05, 3.63) is 73.9 Å². The molecule has 1 aromatic carbocycles. The second kappa shape index (κ2) is 7.49. The second-order valence-corrected chi connectivity index (χ2v) is 7.21. The molecule has 3 rings (SSSR count). The van der Waals surface area contributed by atoms with Crippen molar-refractivity contribution < 1.29 is 4.79 Å². The molecule has 0 spiro atoms. The highest BCUT2D eigenvalue weighted by Crippen LogP contribution is 2.27. The zero-order chi connectivity index (χ0) is 17.1. The summed E-state index contributed by atoms with van der Waals surface area (Å²) in [5, 5.41) is 4.78. The number of nitrogens with one attached hydrogen (secondary N) is 1. The molecule has 0 aliphatic carbocycles. The molecule has 0 unspecified atom stereocenters. The van der Waals surface area contributed by atoms with Gasteiger partial charge in [-0.25, -0.2) is 9.97 Å². The molecule has 0 saturated carbocycles. The van der Waals surface area contributed by atoms with E-state index in [9.17, 15) is 4.79 Å². The number of amides is 1. The number of thiazole rings is 1. The Kier molecular flexibility index (Phi) is 5.36. The van der Waals surface area contributed by atoms with Crippen molar-refractivity contribution in [2.75, 3.05) is 5.32 Å². The molecule has 4 nitrogen and oxygen atoms in total. The van der Waals surface area contributed by atoms with Gasteiger partial charge in [-0.2, -0.15) is 0 Å². The van der Waals surface area contributed by atoms with E-state index in [4.69, 9.17) is 34.8 Å². The number of hydrogen-bond donors (Lipinski definition) is 1. The number of hydrogen-bond acceptors (Lipinski definition) is 4. The van der Waals surface area contributed by atoms with Crippen LogP contribution in [0.15, 0.2) is 42.7 Å². The lowest BCUT2D eigenvalue weighted by Gasteiger charge is -2.02. The number of carbonyl (C=O) groups is 1. The van der Waals surface area contributed by atoms with Crippen molar-refractivity contribution in [1.29, 1.82) is 0 Å². The number of benzene rings is 1. The van der Waals surface area contributed by atoms with Gasteiger partial charge in [-0.3, -0.25) is 10.1 Å². The van der Waals surface area contributed by atoms with Gasteiger partial charge in [-0.1, -0.05) is 40.9 Å². The Balaban J connectivity index is 1.69. The highest BCUT2D eigenvalue weighted by molar-refractivity contribution is 7.15. The number of anilines is 1.